The Hall–Kier alpha value is -4.17. The molecule has 0 aliphatic rings. The maximum atomic E-state index is 13.9. The lowest BCUT2D eigenvalue weighted by Crippen LogP contribution is -2.49. The van der Waals surface area contributed by atoms with Crippen molar-refractivity contribution in [1.82, 2.24) is 10.2 Å². The summed E-state index contributed by atoms with van der Waals surface area (Å²) in [6.07, 6.45) is 2.42. The lowest BCUT2D eigenvalue weighted by Gasteiger charge is -2.28. The van der Waals surface area contributed by atoms with Gasteiger partial charge in [-0.2, -0.15) is 0 Å². The van der Waals surface area contributed by atoms with Gasteiger partial charge in [0.05, 0.1) is 6.54 Å². The van der Waals surface area contributed by atoms with Crippen LogP contribution in [-0.2, 0) is 29.1 Å². The van der Waals surface area contributed by atoms with Gasteiger partial charge in [-0.15, -0.1) is 11.3 Å². The number of carboxylic acid groups (broad SMARTS) is 1. The van der Waals surface area contributed by atoms with Crippen LogP contribution >= 0.6 is 11.3 Å². The van der Waals surface area contributed by atoms with E-state index < -0.39 is 18.0 Å². The van der Waals surface area contributed by atoms with Crippen molar-refractivity contribution >= 4 is 45.7 Å². The number of amides is 3. The van der Waals surface area contributed by atoms with Gasteiger partial charge in [0.1, 0.15) is 6.04 Å². The van der Waals surface area contributed by atoms with Crippen LogP contribution in [0.1, 0.15) is 48.6 Å². The molecule has 40 heavy (non-hydrogen) atoms. The summed E-state index contributed by atoms with van der Waals surface area (Å²) in [5, 5.41) is 19.0. The summed E-state index contributed by atoms with van der Waals surface area (Å²) in [5.74, 6) is -1.04. The van der Waals surface area contributed by atoms with E-state index in [1.54, 1.807) is 16.2 Å². The Bertz CT molecular complexity index is 1420. The third-order valence-corrected chi connectivity index (χ3v) is 7.59. The average Bonchev–Trinajstić information content (AvgIpc) is 3.47. The zero-order chi connectivity index (χ0) is 28.3. The predicted octanol–water partition coefficient (Wildman–Crippen LogP) is 6.83. The van der Waals surface area contributed by atoms with E-state index in [-0.39, 0.29) is 18.7 Å². The number of benzene rings is 3. The molecule has 4 rings (SSSR count). The first-order valence-corrected chi connectivity index (χ1v) is 14.5. The van der Waals surface area contributed by atoms with Gasteiger partial charge in [-0.05, 0) is 58.3 Å². The number of unbranched alkanes of at least 4 members (excludes halogenated alkanes) is 1. The van der Waals surface area contributed by atoms with Crippen molar-refractivity contribution in [3.8, 4) is 0 Å². The number of carbonyl (C=O) groups is 3. The second-order valence-electron chi connectivity index (χ2n) is 9.80. The summed E-state index contributed by atoms with van der Waals surface area (Å²) in [7, 11) is 0. The van der Waals surface area contributed by atoms with Crippen LogP contribution in [0.3, 0.4) is 0 Å². The quantitative estimate of drug-likeness (QED) is 0.168. The molecule has 0 saturated heterocycles. The number of urea groups is 1. The molecule has 4 aromatic rings. The normalized spacial score (nSPS) is 11.6. The van der Waals surface area contributed by atoms with Crippen LogP contribution in [0.4, 0.5) is 10.5 Å². The van der Waals surface area contributed by atoms with Gasteiger partial charge in [0, 0.05) is 23.5 Å². The molecule has 8 heteroatoms. The topological polar surface area (TPSA) is 98.7 Å². The third-order valence-electron chi connectivity index (χ3n) is 6.73. The number of anilines is 1. The largest absolute Gasteiger partial charge is 0.481 e. The van der Waals surface area contributed by atoms with Crippen molar-refractivity contribution in [2.45, 2.75) is 58.2 Å². The number of aryl methyl sites for hydroxylation is 1. The minimum atomic E-state index is -0.905. The fourth-order valence-corrected chi connectivity index (χ4v) is 5.38. The Morgan fingerprint density at radius 1 is 0.925 bits per heavy atom. The number of nitrogens with zero attached hydrogens (tertiary/aromatic N) is 1. The van der Waals surface area contributed by atoms with E-state index in [4.69, 9.17) is 0 Å². The highest BCUT2D eigenvalue weighted by molar-refractivity contribution is 7.09. The first-order valence-electron chi connectivity index (χ1n) is 13.6. The zero-order valence-corrected chi connectivity index (χ0v) is 23.5. The van der Waals surface area contributed by atoms with Gasteiger partial charge in [0.15, 0.2) is 0 Å². The number of fused-ring (bicyclic) bond motifs is 1. The minimum absolute atomic E-state index is 0.0522. The van der Waals surface area contributed by atoms with E-state index in [0.717, 1.165) is 39.6 Å². The van der Waals surface area contributed by atoms with Crippen LogP contribution in [0.5, 0.6) is 0 Å². The summed E-state index contributed by atoms with van der Waals surface area (Å²) in [5.41, 5.74) is 2.29. The van der Waals surface area contributed by atoms with Crippen LogP contribution < -0.4 is 10.6 Å². The smallest absolute Gasteiger partial charge is 0.319 e. The highest BCUT2D eigenvalue weighted by atomic mass is 32.1. The summed E-state index contributed by atoms with van der Waals surface area (Å²) in [6, 6.07) is 24.1. The maximum Gasteiger partial charge on any atom is 0.319 e. The van der Waals surface area contributed by atoms with E-state index >= 15 is 0 Å². The predicted molar refractivity (Wildman–Crippen MR) is 160 cm³/mol. The molecule has 0 aliphatic heterocycles. The molecule has 0 unspecified atom stereocenters. The third kappa shape index (κ3) is 8.16. The van der Waals surface area contributed by atoms with Crippen LogP contribution in [0.25, 0.3) is 10.8 Å². The molecule has 3 N–H and O–H groups in total. The lowest BCUT2D eigenvalue weighted by atomic mass is 10.0. The monoisotopic (exact) mass is 557 g/mol. The Morgan fingerprint density at radius 2 is 1.65 bits per heavy atom. The Balaban J connectivity index is 1.55. The van der Waals surface area contributed by atoms with E-state index in [1.165, 1.54) is 0 Å². The molecule has 3 aromatic carbocycles. The number of hydrogen-bond acceptors (Lipinski definition) is 4. The second kappa shape index (κ2) is 14.3. The lowest BCUT2D eigenvalue weighted by molar-refractivity contribution is -0.137. The Kier molecular flexibility index (Phi) is 10.3. The average molecular weight is 558 g/mol. The van der Waals surface area contributed by atoms with Crippen molar-refractivity contribution in [3.63, 3.8) is 0 Å². The summed E-state index contributed by atoms with van der Waals surface area (Å²) in [4.78, 5) is 41.3. The number of rotatable bonds is 13. The summed E-state index contributed by atoms with van der Waals surface area (Å²) >= 11 is 1.60. The SMILES string of the molecule is CCCC[C@H](NC(=O)Nc1cc2ccccc2cc1CCC(=O)O)C(=O)N(Cc1ccccc1)Cc1cccs1. The summed E-state index contributed by atoms with van der Waals surface area (Å²) in [6.45, 7) is 2.95. The molecule has 1 heterocycles. The molecule has 0 saturated carbocycles. The van der Waals surface area contributed by atoms with Crippen LogP contribution in [0.15, 0.2) is 84.2 Å². The number of hydrogen-bond donors (Lipinski definition) is 3. The van der Waals surface area contributed by atoms with Crippen molar-refractivity contribution in [1.29, 1.82) is 0 Å². The van der Waals surface area contributed by atoms with Gasteiger partial charge in [-0.25, -0.2) is 4.79 Å². The molecule has 0 aliphatic carbocycles. The fourth-order valence-electron chi connectivity index (χ4n) is 4.66. The number of nitrogens with one attached hydrogen (secondary N) is 2. The molecular weight excluding hydrogens is 522 g/mol. The molecular formula is C32H35N3O4S. The molecule has 208 valence electrons. The number of carboxylic acids is 1. The standard InChI is InChI=1S/C32H35N3O4S/c1-2-3-15-28(31(38)35(22-27-14-9-18-40-27)21-23-10-5-4-6-11-23)33-32(39)34-29-20-25-13-8-7-12-24(25)19-26(29)16-17-30(36)37/h4-14,18-20,28H,2-3,15-17,21-22H2,1H3,(H,36,37)(H2,33,34,39)/t28-/m0/s1. The Morgan fingerprint density at radius 3 is 2.33 bits per heavy atom. The maximum absolute atomic E-state index is 13.9. The zero-order valence-electron chi connectivity index (χ0n) is 22.6. The second-order valence-corrected chi connectivity index (χ2v) is 10.8. The van der Waals surface area contributed by atoms with Gasteiger partial charge < -0.3 is 20.6 Å². The molecule has 0 radical (unpaired) electrons. The van der Waals surface area contributed by atoms with Crippen LogP contribution in [0.2, 0.25) is 0 Å². The molecule has 1 atom stereocenters. The van der Waals surface area contributed by atoms with Crippen LogP contribution in [0, 0.1) is 0 Å². The molecule has 7 nitrogen and oxygen atoms in total. The van der Waals surface area contributed by atoms with E-state index in [2.05, 4.69) is 17.6 Å². The van der Waals surface area contributed by atoms with Crippen molar-refractivity contribution in [3.05, 3.63) is 100 Å². The molecule has 1 aromatic heterocycles. The van der Waals surface area contributed by atoms with Crippen molar-refractivity contribution in [2.75, 3.05) is 5.32 Å². The van der Waals surface area contributed by atoms with E-state index in [0.29, 0.717) is 25.2 Å². The van der Waals surface area contributed by atoms with Crippen molar-refractivity contribution in [2.24, 2.45) is 0 Å². The van der Waals surface area contributed by atoms with Gasteiger partial charge in [0.2, 0.25) is 5.91 Å². The Labute approximate surface area is 238 Å². The molecule has 0 bridgehead atoms. The highest BCUT2D eigenvalue weighted by Crippen LogP contribution is 2.26. The molecule has 3 amide bonds. The van der Waals surface area contributed by atoms with Gasteiger partial charge in [0.25, 0.3) is 0 Å². The van der Waals surface area contributed by atoms with Crippen LogP contribution in [-0.4, -0.2) is 34.0 Å². The van der Waals surface area contributed by atoms with Gasteiger partial charge in [-0.3, -0.25) is 9.59 Å². The van der Waals surface area contributed by atoms with Crippen molar-refractivity contribution < 1.29 is 19.5 Å². The number of thiophene rings is 1. The number of carbonyl (C=O) groups excluding carboxylic acids is 2. The van der Waals surface area contributed by atoms with E-state index in [9.17, 15) is 19.5 Å². The minimum Gasteiger partial charge on any atom is -0.481 e. The molecule has 0 spiro atoms. The number of aliphatic carboxylic acids is 1. The fraction of sp³-hybridized carbons (Fsp3) is 0.281. The molecule has 0 fully saturated rings. The first kappa shape index (κ1) is 28.8. The van der Waals surface area contributed by atoms with Gasteiger partial charge >= 0.3 is 12.0 Å². The highest BCUT2D eigenvalue weighted by Gasteiger charge is 2.26. The summed E-state index contributed by atoms with van der Waals surface area (Å²) < 4.78 is 0. The van der Waals surface area contributed by atoms with Gasteiger partial charge in [-0.1, -0.05) is 80.4 Å². The first-order chi connectivity index (χ1) is 19.4. The van der Waals surface area contributed by atoms with E-state index in [1.807, 2.05) is 84.2 Å².